The molecule has 8 heteroatoms. The first-order valence-electron chi connectivity index (χ1n) is 11.1. The quantitative estimate of drug-likeness (QED) is 0.549. The molecule has 2 heterocycles. The van der Waals surface area contributed by atoms with E-state index in [-0.39, 0.29) is 18.1 Å². The lowest BCUT2D eigenvalue weighted by atomic mass is 9.94. The summed E-state index contributed by atoms with van der Waals surface area (Å²) in [5.74, 6) is 0.413. The SMILES string of the molecule is [C-]#[N+]c1cc(-c2nc(-c3cccc4c3CC[C@@H]4N3CC(C(=O)O)C3)no2)ccc1OC(C)C. The first-order valence-corrected chi connectivity index (χ1v) is 11.1. The van der Waals surface area contributed by atoms with Gasteiger partial charge in [0.25, 0.3) is 5.89 Å². The van der Waals surface area contributed by atoms with Crippen molar-refractivity contribution >= 4 is 11.7 Å². The van der Waals surface area contributed by atoms with Crippen LogP contribution in [-0.4, -0.2) is 45.3 Å². The van der Waals surface area contributed by atoms with Gasteiger partial charge >= 0.3 is 5.97 Å². The van der Waals surface area contributed by atoms with Gasteiger partial charge in [-0.2, -0.15) is 4.98 Å². The van der Waals surface area contributed by atoms with E-state index in [0.717, 1.165) is 18.4 Å². The Balaban J connectivity index is 1.41. The van der Waals surface area contributed by atoms with Gasteiger partial charge in [-0.05, 0) is 56.0 Å². The Bertz CT molecular complexity index is 1250. The molecule has 1 aliphatic carbocycles. The second-order valence-corrected chi connectivity index (χ2v) is 8.80. The van der Waals surface area contributed by atoms with Gasteiger partial charge < -0.3 is 14.4 Å². The van der Waals surface area contributed by atoms with Gasteiger partial charge in [-0.1, -0.05) is 23.4 Å². The summed E-state index contributed by atoms with van der Waals surface area (Å²) in [6, 6.07) is 11.6. The van der Waals surface area contributed by atoms with Gasteiger partial charge in [-0.25, -0.2) is 4.85 Å². The molecule has 33 heavy (non-hydrogen) atoms. The van der Waals surface area contributed by atoms with Crippen molar-refractivity contribution in [1.29, 1.82) is 0 Å². The predicted molar refractivity (Wildman–Crippen MR) is 121 cm³/mol. The molecule has 0 bridgehead atoms. The van der Waals surface area contributed by atoms with Crippen molar-refractivity contribution in [2.45, 2.75) is 38.8 Å². The summed E-state index contributed by atoms with van der Waals surface area (Å²) in [5.41, 5.74) is 4.41. The average Bonchev–Trinajstić information content (AvgIpc) is 3.40. The Morgan fingerprint density at radius 2 is 2.12 bits per heavy atom. The first kappa shape index (κ1) is 21.2. The van der Waals surface area contributed by atoms with Crippen LogP contribution in [-0.2, 0) is 11.2 Å². The number of nitrogens with zero attached hydrogens (tertiary/aromatic N) is 4. The van der Waals surface area contributed by atoms with E-state index in [4.69, 9.17) is 15.8 Å². The van der Waals surface area contributed by atoms with Crippen molar-refractivity contribution in [3.8, 4) is 28.6 Å². The molecule has 168 valence electrons. The minimum Gasteiger partial charge on any atom is -0.502 e. The zero-order chi connectivity index (χ0) is 23.1. The molecule has 1 fully saturated rings. The number of likely N-dealkylation sites (tertiary alicyclic amines) is 1. The number of fused-ring (bicyclic) bond motifs is 1. The lowest BCUT2D eigenvalue weighted by molar-refractivity contribution is -0.148. The molecule has 8 nitrogen and oxygen atoms in total. The molecule has 1 aliphatic heterocycles. The Hall–Kier alpha value is -3.70. The van der Waals surface area contributed by atoms with Crippen LogP contribution in [0.25, 0.3) is 27.7 Å². The molecular weight excluding hydrogens is 420 g/mol. The van der Waals surface area contributed by atoms with Crippen molar-refractivity contribution in [3.63, 3.8) is 0 Å². The van der Waals surface area contributed by atoms with Gasteiger partial charge in [-0.15, -0.1) is 0 Å². The zero-order valence-electron chi connectivity index (χ0n) is 18.5. The highest BCUT2D eigenvalue weighted by atomic mass is 16.5. The van der Waals surface area contributed by atoms with Crippen molar-refractivity contribution in [2.75, 3.05) is 13.1 Å². The standard InChI is InChI=1S/C25H24N4O4/c1-14(2)32-22-10-7-15(11-20(22)26-3)24-27-23(28-33-24)19-6-4-5-18-17(19)8-9-21(18)29-12-16(13-29)25(30)31/h4-7,10-11,14,16,21H,8-9,12-13H2,1-2H3,(H,30,31)/t21-/m0/s1. The normalized spacial score (nSPS) is 18.1. The van der Waals surface area contributed by atoms with Crippen LogP contribution in [0.1, 0.15) is 37.4 Å². The minimum absolute atomic E-state index is 0.0263. The van der Waals surface area contributed by atoms with Crippen molar-refractivity contribution < 1.29 is 19.2 Å². The maximum atomic E-state index is 11.2. The van der Waals surface area contributed by atoms with Crippen LogP contribution < -0.4 is 4.74 Å². The second kappa shape index (κ2) is 8.34. The van der Waals surface area contributed by atoms with Crippen molar-refractivity contribution in [1.82, 2.24) is 15.0 Å². The molecule has 1 saturated heterocycles. The van der Waals surface area contributed by atoms with Gasteiger partial charge in [0.05, 0.1) is 18.6 Å². The molecule has 1 N–H and O–H groups in total. The lowest BCUT2D eigenvalue weighted by Crippen LogP contribution is -2.51. The molecule has 0 saturated carbocycles. The topological polar surface area (TPSA) is 93.1 Å². The van der Waals surface area contributed by atoms with E-state index in [1.54, 1.807) is 12.1 Å². The fourth-order valence-electron chi connectivity index (χ4n) is 4.69. The summed E-state index contributed by atoms with van der Waals surface area (Å²) in [6.45, 7) is 12.5. The van der Waals surface area contributed by atoms with Gasteiger partial charge in [-0.3, -0.25) is 9.69 Å². The van der Waals surface area contributed by atoms with Crippen LogP contribution in [0.3, 0.4) is 0 Å². The molecule has 0 spiro atoms. The summed E-state index contributed by atoms with van der Waals surface area (Å²) >= 11 is 0. The summed E-state index contributed by atoms with van der Waals surface area (Å²) in [6.07, 6.45) is 1.81. The fourth-order valence-corrected chi connectivity index (χ4v) is 4.69. The second-order valence-electron chi connectivity index (χ2n) is 8.80. The van der Waals surface area contributed by atoms with Gasteiger partial charge in [0.2, 0.25) is 11.5 Å². The number of carboxylic acid groups (broad SMARTS) is 1. The highest BCUT2D eigenvalue weighted by Crippen LogP contribution is 2.43. The van der Waals surface area contributed by atoms with Gasteiger partial charge in [0.1, 0.15) is 5.75 Å². The Morgan fingerprint density at radius 1 is 1.30 bits per heavy atom. The molecular formula is C25H24N4O4. The Kier molecular flexibility index (Phi) is 5.35. The number of rotatable bonds is 6. The molecule has 0 unspecified atom stereocenters. The summed E-state index contributed by atoms with van der Waals surface area (Å²) in [7, 11) is 0. The first-order chi connectivity index (χ1) is 15.9. The number of hydrogen-bond donors (Lipinski definition) is 1. The van der Waals surface area contributed by atoms with Crippen LogP contribution in [0.4, 0.5) is 5.69 Å². The Morgan fingerprint density at radius 3 is 2.85 bits per heavy atom. The number of aromatic nitrogens is 2. The van der Waals surface area contributed by atoms with E-state index in [1.165, 1.54) is 11.1 Å². The number of aliphatic carboxylic acids is 1. The molecule has 1 atom stereocenters. The van der Waals surface area contributed by atoms with Crippen LogP contribution >= 0.6 is 0 Å². The third kappa shape index (κ3) is 3.85. The highest BCUT2D eigenvalue weighted by molar-refractivity contribution is 5.72. The minimum atomic E-state index is -0.720. The van der Waals surface area contributed by atoms with Crippen LogP contribution in [0.15, 0.2) is 40.9 Å². The summed E-state index contributed by atoms with van der Waals surface area (Å²) in [4.78, 5) is 21.6. The molecule has 3 aromatic rings. The van der Waals surface area contributed by atoms with Gasteiger partial charge in [0, 0.05) is 30.3 Å². The predicted octanol–water partition coefficient (Wildman–Crippen LogP) is 4.75. The molecule has 5 rings (SSSR count). The summed E-state index contributed by atoms with van der Waals surface area (Å²) < 4.78 is 11.2. The van der Waals surface area contributed by atoms with Crippen LogP contribution in [0.2, 0.25) is 0 Å². The van der Waals surface area contributed by atoms with E-state index >= 15 is 0 Å². The molecule has 0 amide bonds. The largest absolute Gasteiger partial charge is 0.502 e. The molecule has 0 radical (unpaired) electrons. The summed E-state index contributed by atoms with van der Waals surface area (Å²) in [5, 5.41) is 13.4. The smallest absolute Gasteiger partial charge is 0.309 e. The fraction of sp³-hybridized carbons (Fsp3) is 0.360. The van der Waals surface area contributed by atoms with Crippen LogP contribution in [0.5, 0.6) is 5.75 Å². The van der Waals surface area contributed by atoms with E-state index in [2.05, 4.69) is 26.0 Å². The lowest BCUT2D eigenvalue weighted by Gasteiger charge is -2.41. The molecule has 2 aliphatic rings. The maximum Gasteiger partial charge on any atom is 0.309 e. The van der Waals surface area contributed by atoms with Crippen LogP contribution in [0, 0.1) is 12.5 Å². The number of benzene rings is 2. The van der Waals surface area contributed by atoms with E-state index < -0.39 is 5.97 Å². The molecule has 1 aromatic heterocycles. The average molecular weight is 444 g/mol. The maximum absolute atomic E-state index is 11.2. The van der Waals surface area contributed by atoms with Crippen molar-refractivity contribution in [3.05, 3.63) is 58.9 Å². The zero-order valence-corrected chi connectivity index (χ0v) is 18.5. The number of carbonyl (C=O) groups is 1. The Labute approximate surface area is 191 Å². The van der Waals surface area contributed by atoms with Gasteiger partial charge in [0.15, 0.2) is 0 Å². The third-order valence-electron chi connectivity index (χ3n) is 6.29. The van der Waals surface area contributed by atoms with E-state index in [9.17, 15) is 9.90 Å². The molecule has 2 aromatic carbocycles. The highest BCUT2D eigenvalue weighted by Gasteiger charge is 2.40. The number of ether oxygens (including phenoxy) is 1. The monoisotopic (exact) mass is 444 g/mol. The third-order valence-corrected chi connectivity index (χ3v) is 6.29. The van der Waals surface area contributed by atoms with Crippen molar-refractivity contribution in [2.24, 2.45) is 5.92 Å². The number of carboxylic acids is 1. The van der Waals surface area contributed by atoms with E-state index in [1.807, 2.05) is 32.0 Å². The van der Waals surface area contributed by atoms with E-state index in [0.29, 0.717) is 41.8 Å². The number of hydrogen-bond acceptors (Lipinski definition) is 6.